The minimum Gasteiger partial charge on any atom is -0.323 e. The first kappa shape index (κ1) is 10.5. The number of hydrogen-bond donors (Lipinski definition) is 0. The van der Waals surface area contributed by atoms with Gasteiger partial charge in [-0.05, 0) is 12.1 Å². The van der Waals surface area contributed by atoms with Crippen molar-refractivity contribution in [3.05, 3.63) is 46.7 Å². The maximum absolute atomic E-state index is 4.66. The summed E-state index contributed by atoms with van der Waals surface area (Å²) in [5.41, 5.74) is 4.16. The molecule has 3 rings (SSSR count). The summed E-state index contributed by atoms with van der Waals surface area (Å²) in [5, 5.41) is 0. The first-order valence-corrected chi connectivity index (χ1v) is 6.58. The Morgan fingerprint density at radius 3 is 2.94 bits per heavy atom. The van der Waals surface area contributed by atoms with Gasteiger partial charge in [-0.25, -0.2) is 4.98 Å². The lowest BCUT2D eigenvalue weighted by Gasteiger charge is -2.05. The highest BCUT2D eigenvalue weighted by molar-refractivity contribution is 7.09. The second kappa shape index (κ2) is 4.30. The summed E-state index contributed by atoms with van der Waals surface area (Å²) < 4.78 is 2.28. The monoisotopic (exact) mass is 243 g/mol. The Kier molecular flexibility index (Phi) is 2.65. The number of para-hydroxylation sites is 2. The number of rotatable bonds is 3. The highest BCUT2D eigenvalue weighted by Gasteiger charge is 2.09. The molecule has 86 valence electrons. The Morgan fingerprint density at radius 1 is 1.29 bits per heavy atom. The molecule has 2 aromatic heterocycles. The molecule has 2 heterocycles. The summed E-state index contributed by atoms with van der Waals surface area (Å²) >= 11 is 1.69. The Labute approximate surface area is 104 Å². The van der Waals surface area contributed by atoms with Gasteiger partial charge >= 0.3 is 0 Å². The van der Waals surface area contributed by atoms with Gasteiger partial charge < -0.3 is 4.57 Å². The van der Waals surface area contributed by atoms with E-state index in [-0.39, 0.29) is 0 Å². The van der Waals surface area contributed by atoms with Gasteiger partial charge in [-0.1, -0.05) is 19.1 Å². The zero-order chi connectivity index (χ0) is 11.7. The van der Waals surface area contributed by atoms with Gasteiger partial charge in [-0.2, -0.15) is 0 Å². The molecule has 0 spiro atoms. The normalized spacial score (nSPS) is 11.1. The lowest BCUT2D eigenvalue weighted by molar-refractivity contribution is 0.760. The first-order chi connectivity index (χ1) is 8.38. The molecule has 17 heavy (non-hydrogen) atoms. The molecule has 0 amide bonds. The molecule has 4 heteroatoms. The molecule has 0 atom stereocenters. The standard InChI is InChI=1S/C13H13N3S/c1-2-13-15-11-5-3-4-6-12(11)16(13)8-10-7-14-9-17-10/h3-7,9H,2,8H2,1H3. The van der Waals surface area contributed by atoms with Gasteiger partial charge in [-0.3, -0.25) is 4.98 Å². The molecule has 0 aliphatic carbocycles. The Hall–Kier alpha value is -1.68. The fourth-order valence-corrected chi connectivity index (χ4v) is 2.63. The van der Waals surface area contributed by atoms with Crippen LogP contribution < -0.4 is 0 Å². The van der Waals surface area contributed by atoms with Crippen LogP contribution in [0, 0.1) is 0 Å². The van der Waals surface area contributed by atoms with Crippen molar-refractivity contribution in [2.24, 2.45) is 0 Å². The molecular weight excluding hydrogens is 230 g/mol. The number of nitrogens with zero attached hydrogens (tertiary/aromatic N) is 3. The van der Waals surface area contributed by atoms with Gasteiger partial charge in [-0.15, -0.1) is 11.3 Å². The Bertz CT molecular complexity index is 625. The van der Waals surface area contributed by atoms with Crippen LogP contribution in [-0.2, 0) is 13.0 Å². The smallest absolute Gasteiger partial charge is 0.109 e. The van der Waals surface area contributed by atoms with Crippen molar-refractivity contribution in [3.8, 4) is 0 Å². The molecule has 0 N–H and O–H groups in total. The number of fused-ring (bicyclic) bond motifs is 1. The van der Waals surface area contributed by atoms with Crippen molar-refractivity contribution in [1.82, 2.24) is 14.5 Å². The Morgan fingerprint density at radius 2 is 2.18 bits per heavy atom. The summed E-state index contributed by atoms with van der Waals surface area (Å²) in [6.45, 7) is 3.01. The van der Waals surface area contributed by atoms with E-state index in [2.05, 4.69) is 39.7 Å². The van der Waals surface area contributed by atoms with Crippen LogP contribution in [0.2, 0.25) is 0 Å². The van der Waals surface area contributed by atoms with Crippen molar-refractivity contribution in [2.45, 2.75) is 19.9 Å². The van der Waals surface area contributed by atoms with E-state index in [9.17, 15) is 0 Å². The predicted octanol–water partition coefficient (Wildman–Crippen LogP) is 3.10. The predicted molar refractivity (Wildman–Crippen MR) is 70.3 cm³/mol. The maximum Gasteiger partial charge on any atom is 0.109 e. The van der Waals surface area contributed by atoms with Crippen LogP contribution in [0.15, 0.2) is 36.0 Å². The topological polar surface area (TPSA) is 30.7 Å². The number of hydrogen-bond acceptors (Lipinski definition) is 3. The Balaban J connectivity index is 2.12. The second-order valence-electron chi connectivity index (χ2n) is 3.92. The molecular formula is C13H13N3S. The number of aromatic nitrogens is 3. The molecule has 0 aliphatic heterocycles. The van der Waals surface area contributed by atoms with Crippen molar-refractivity contribution in [3.63, 3.8) is 0 Å². The average Bonchev–Trinajstić information content (AvgIpc) is 2.98. The highest BCUT2D eigenvalue weighted by Crippen LogP contribution is 2.19. The van der Waals surface area contributed by atoms with E-state index >= 15 is 0 Å². The van der Waals surface area contributed by atoms with Crippen LogP contribution in [0.1, 0.15) is 17.6 Å². The van der Waals surface area contributed by atoms with E-state index in [1.54, 1.807) is 11.3 Å². The van der Waals surface area contributed by atoms with Gasteiger partial charge in [0.15, 0.2) is 0 Å². The van der Waals surface area contributed by atoms with Crippen LogP contribution in [0.5, 0.6) is 0 Å². The fraction of sp³-hybridized carbons (Fsp3) is 0.231. The molecule has 0 bridgehead atoms. The third-order valence-corrected chi connectivity index (χ3v) is 3.61. The van der Waals surface area contributed by atoms with Gasteiger partial charge in [0.1, 0.15) is 5.82 Å². The molecule has 0 unspecified atom stereocenters. The number of benzene rings is 1. The first-order valence-electron chi connectivity index (χ1n) is 5.70. The molecule has 0 saturated carbocycles. The fourth-order valence-electron chi connectivity index (χ4n) is 2.05. The molecule has 1 aromatic carbocycles. The molecule has 3 nitrogen and oxygen atoms in total. The van der Waals surface area contributed by atoms with Crippen LogP contribution in [0.3, 0.4) is 0 Å². The average molecular weight is 243 g/mol. The second-order valence-corrected chi connectivity index (χ2v) is 4.90. The maximum atomic E-state index is 4.66. The van der Waals surface area contributed by atoms with Gasteiger partial charge in [0.05, 0.1) is 23.1 Å². The van der Waals surface area contributed by atoms with Crippen molar-refractivity contribution in [1.29, 1.82) is 0 Å². The number of aryl methyl sites for hydroxylation is 1. The van der Waals surface area contributed by atoms with Gasteiger partial charge in [0, 0.05) is 17.5 Å². The molecule has 3 aromatic rings. The van der Waals surface area contributed by atoms with Gasteiger partial charge in [0.2, 0.25) is 0 Å². The zero-order valence-electron chi connectivity index (χ0n) is 9.63. The van der Waals surface area contributed by atoms with Crippen LogP contribution in [0.4, 0.5) is 0 Å². The van der Waals surface area contributed by atoms with Crippen LogP contribution in [-0.4, -0.2) is 14.5 Å². The summed E-state index contributed by atoms with van der Waals surface area (Å²) in [7, 11) is 0. The van der Waals surface area contributed by atoms with Crippen molar-refractivity contribution < 1.29 is 0 Å². The minimum absolute atomic E-state index is 0.869. The lowest BCUT2D eigenvalue weighted by atomic mass is 10.3. The van der Waals surface area contributed by atoms with E-state index in [1.165, 1.54) is 10.4 Å². The summed E-state index contributed by atoms with van der Waals surface area (Å²) in [6, 6.07) is 8.29. The summed E-state index contributed by atoms with van der Waals surface area (Å²) in [6.07, 6.45) is 2.88. The van der Waals surface area contributed by atoms with E-state index in [0.717, 1.165) is 24.3 Å². The van der Waals surface area contributed by atoms with E-state index in [1.807, 2.05) is 17.8 Å². The van der Waals surface area contributed by atoms with Crippen LogP contribution in [0.25, 0.3) is 11.0 Å². The molecule has 0 fully saturated rings. The number of thiazole rings is 1. The van der Waals surface area contributed by atoms with Gasteiger partial charge in [0.25, 0.3) is 0 Å². The van der Waals surface area contributed by atoms with Crippen molar-refractivity contribution in [2.75, 3.05) is 0 Å². The zero-order valence-corrected chi connectivity index (χ0v) is 10.4. The molecule has 0 aliphatic rings. The minimum atomic E-state index is 0.869. The molecule has 0 radical (unpaired) electrons. The van der Waals surface area contributed by atoms with Crippen LogP contribution >= 0.6 is 11.3 Å². The largest absolute Gasteiger partial charge is 0.323 e. The van der Waals surface area contributed by atoms with E-state index in [0.29, 0.717) is 0 Å². The summed E-state index contributed by atoms with van der Waals surface area (Å²) in [4.78, 5) is 10.0. The van der Waals surface area contributed by atoms with E-state index < -0.39 is 0 Å². The third-order valence-electron chi connectivity index (χ3n) is 2.85. The quantitative estimate of drug-likeness (QED) is 0.707. The lowest BCUT2D eigenvalue weighted by Crippen LogP contribution is -2.02. The molecule has 0 saturated heterocycles. The SMILES string of the molecule is CCc1nc2ccccc2n1Cc1cncs1. The summed E-state index contributed by atoms with van der Waals surface area (Å²) in [5.74, 6) is 1.14. The third kappa shape index (κ3) is 1.85. The highest BCUT2D eigenvalue weighted by atomic mass is 32.1. The van der Waals surface area contributed by atoms with E-state index in [4.69, 9.17) is 0 Å². The number of imidazole rings is 1. The van der Waals surface area contributed by atoms with Crippen molar-refractivity contribution >= 4 is 22.4 Å².